The quantitative estimate of drug-likeness (QED) is 0.455. The molecule has 1 aromatic heterocycles. The van der Waals surface area contributed by atoms with Gasteiger partial charge in [-0.25, -0.2) is 9.37 Å². The van der Waals surface area contributed by atoms with Crippen molar-refractivity contribution in [2.24, 2.45) is 0 Å². The predicted molar refractivity (Wildman–Crippen MR) is 54.4 cm³/mol. The molecule has 0 radical (unpaired) electrons. The lowest BCUT2D eigenvalue weighted by Crippen LogP contribution is -2.16. The lowest BCUT2D eigenvalue weighted by Gasteiger charge is -2.02. The molecule has 0 N–H and O–H groups in total. The maximum Gasteiger partial charge on any atom is 0.129 e. The van der Waals surface area contributed by atoms with E-state index in [1.807, 2.05) is 0 Å². The van der Waals surface area contributed by atoms with E-state index in [0.29, 0.717) is 5.69 Å². The van der Waals surface area contributed by atoms with Crippen LogP contribution in [-0.2, 0) is 0 Å². The Bertz CT molecular complexity index is 357. The molecule has 0 aromatic carbocycles. The molecular formula is C10H12FNSi. The molecule has 0 saturated heterocycles. The second-order valence-corrected chi connectivity index (χ2v) is 8.61. The summed E-state index contributed by atoms with van der Waals surface area (Å²) in [6, 6.07) is 2.67. The van der Waals surface area contributed by atoms with E-state index in [9.17, 15) is 4.39 Å². The molecule has 1 heterocycles. The summed E-state index contributed by atoms with van der Waals surface area (Å²) in [5.74, 6) is 2.60. The van der Waals surface area contributed by atoms with E-state index in [0.717, 1.165) is 0 Å². The number of halogens is 1. The smallest absolute Gasteiger partial charge is 0.129 e. The van der Waals surface area contributed by atoms with Crippen molar-refractivity contribution in [3.05, 3.63) is 29.8 Å². The largest absolute Gasteiger partial charge is 0.248 e. The van der Waals surface area contributed by atoms with Crippen molar-refractivity contribution >= 4 is 8.07 Å². The molecule has 68 valence electrons. The Morgan fingerprint density at radius 2 is 2.08 bits per heavy atom. The highest BCUT2D eigenvalue weighted by atomic mass is 28.3. The molecule has 13 heavy (non-hydrogen) atoms. The topological polar surface area (TPSA) is 12.9 Å². The Kier molecular flexibility index (Phi) is 2.84. The monoisotopic (exact) mass is 193 g/mol. The number of pyridine rings is 1. The first-order chi connectivity index (χ1) is 5.97. The third-order valence-corrected chi connectivity index (χ3v) is 2.16. The second-order valence-electron chi connectivity index (χ2n) is 3.86. The van der Waals surface area contributed by atoms with Crippen molar-refractivity contribution in [1.29, 1.82) is 0 Å². The molecule has 0 aliphatic rings. The molecule has 0 saturated carbocycles. The van der Waals surface area contributed by atoms with Gasteiger partial charge in [-0.15, -0.1) is 5.54 Å². The number of rotatable bonds is 0. The molecule has 0 bridgehead atoms. The van der Waals surface area contributed by atoms with Crippen molar-refractivity contribution < 1.29 is 4.39 Å². The van der Waals surface area contributed by atoms with Gasteiger partial charge < -0.3 is 0 Å². The first-order valence-corrected chi connectivity index (χ1v) is 7.62. The summed E-state index contributed by atoms with van der Waals surface area (Å²) >= 11 is 0. The summed E-state index contributed by atoms with van der Waals surface area (Å²) in [5, 5.41) is 0. The third kappa shape index (κ3) is 3.86. The minimum atomic E-state index is -1.38. The van der Waals surface area contributed by atoms with Crippen LogP contribution in [0.2, 0.25) is 19.6 Å². The van der Waals surface area contributed by atoms with Gasteiger partial charge in [0.15, 0.2) is 0 Å². The van der Waals surface area contributed by atoms with Crippen molar-refractivity contribution in [2.45, 2.75) is 19.6 Å². The molecule has 1 nitrogen and oxygen atoms in total. The molecule has 0 aliphatic carbocycles. The van der Waals surface area contributed by atoms with E-state index >= 15 is 0 Å². The van der Waals surface area contributed by atoms with Crippen LogP contribution in [0.5, 0.6) is 0 Å². The molecule has 0 aliphatic heterocycles. The SMILES string of the molecule is C[Si](C)(C)C#Cc1cc(F)ccn1. The van der Waals surface area contributed by atoms with Crippen LogP contribution in [0, 0.1) is 17.3 Å². The Balaban J connectivity index is 2.90. The molecule has 0 atom stereocenters. The fourth-order valence-electron chi connectivity index (χ4n) is 0.725. The minimum absolute atomic E-state index is 0.283. The fraction of sp³-hybridized carbons (Fsp3) is 0.300. The van der Waals surface area contributed by atoms with E-state index in [4.69, 9.17) is 0 Å². The summed E-state index contributed by atoms with van der Waals surface area (Å²) in [4.78, 5) is 3.95. The van der Waals surface area contributed by atoms with Crippen LogP contribution in [0.1, 0.15) is 5.69 Å². The lowest BCUT2D eigenvalue weighted by atomic mass is 10.3. The lowest BCUT2D eigenvalue weighted by molar-refractivity contribution is 0.625. The molecule has 0 spiro atoms. The Morgan fingerprint density at radius 1 is 1.38 bits per heavy atom. The van der Waals surface area contributed by atoms with E-state index in [2.05, 4.69) is 36.1 Å². The first-order valence-electron chi connectivity index (χ1n) is 4.12. The summed E-state index contributed by atoms with van der Waals surface area (Å²) in [6.45, 7) is 6.41. The van der Waals surface area contributed by atoms with Crippen LogP contribution >= 0.6 is 0 Å². The van der Waals surface area contributed by atoms with Gasteiger partial charge in [-0.05, 0) is 6.07 Å². The normalized spacial score (nSPS) is 10.5. The van der Waals surface area contributed by atoms with Crippen LogP contribution in [0.3, 0.4) is 0 Å². The Morgan fingerprint density at radius 3 is 2.62 bits per heavy atom. The number of nitrogens with zero attached hydrogens (tertiary/aromatic N) is 1. The van der Waals surface area contributed by atoms with Gasteiger partial charge >= 0.3 is 0 Å². The van der Waals surface area contributed by atoms with Gasteiger partial charge in [0, 0.05) is 12.3 Å². The predicted octanol–water partition coefficient (Wildman–Crippen LogP) is 2.45. The van der Waals surface area contributed by atoms with Gasteiger partial charge in [0.25, 0.3) is 0 Å². The number of hydrogen-bond donors (Lipinski definition) is 0. The fourth-order valence-corrected chi connectivity index (χ4v) is 1.23. The van der Waals surface area contributed by atoms with E-state index in [-0.39, 0.29) is 5.82 Å². The van der Waals surface area contributed by atoms with Gasteiger partial charge in [-0.3, -0.25) is 0 Å². The zero-order valence-corrected chi connectivity index (χ0v) is 9.06. The van der Waals surface area contributed by atoms with Crippen molar-refractivity contribution in [1.82, 2.24) is 4.98 Å². The van der Waals surface area contributed by atoms with Gasteiger partial charge in [0.05, 0.1) is 0 Å². The zero-order valence-electron chi connectivity index (χ0n) is 8.06. The molecule has 1 aromatic rings. The molecule has 0 amide bonds. The number of hydrogen-bond acceptors (Lipinski definition) is 1. The zero-order chi connectivity index (χ0) is 9.90. The average molecular weight is 193 g/mol. The van der Waals surface area contributed by atoms with Crippen molar-refractivity contribution in [3.63, 3.8) is 0 Å². The van der Waals surface area contributed by atoms with Gasteiger partial charge in [-0.2, -0.15) is 0 Å². The van der Waals surface area contributed by atoms with Crippen LogP contribution < -0.4 is 0 Å². The van der Waals surface area contributed by atoms with Crippen molar-refractivity contribution in [3.8, 4) is 11.5 Å². The first kappa shape index (κ1) is 9.94. The standard InChI is InChI=1S/C10H12FNSi/c1-13(2,3)7-5-10-8-9(11)4-6-12-10/h4,6,8H,1-3H3. The highest BCUT2D eigenvalue weighted by Crippen LogP contribution is 2.00. The third-order valence-electron chi connectivity index (χ3n) is 1.29. The second kappa shape index (κ2) is 3.71. The molecular weight excluding hydrogens is 181 g/mol. The van der Waals surface area contributed by atoms with Gasteiger partial charge in [0.1, 0.15) is 19.6 Å². The summed E-state index contributed by atoms with van der Waals surface area (Å²) in [6.07, 6.45) is 1.43. The Labute approximate surface area is 79.0 Å². The molecule has 3 heteroatoms. The molecule has 0 unspecified atom stereocenters. The van der Waals surface area contributed by atoms with E-state index in [1.165, 1.54) is 18.3 Å². The summed E-state index contributed by atoms with van der Waals surface area (Å²) < 4.78 is 12.7. The number of aromatic nitrogens is 1. The van der Waals surface area contributed by atoms with Crippen LogP contribution in [0.15, 0.2) is 18.3 Å². The van der Waals surface area contributed by atoms with Crippen LogP contribution in [-0.4, -0.2) is 13.1 Å². The van der Waals surface area contributed by atoms with Crippen LogP contribution in [0.4, 0.5) is 4.39 Å². The van der Waals surface area contributed by atoms with Crippen molar-refractivity contribution in [2.75, 3.05) is 0 Å². The maximum atomic E-state index is 12.7. The molecule has 0 fully saturated rings. The summed E-state index contributed by atoms with van der Waals surface area (Å²) in [5.41, 5.74) is 3.64. The van der Waals surface area contributed by atoms with Gasteiger partial charge in [-0.1, -0.05) is 25.6 Å². The minimum Gasteiger partial charge on any atom is -0.248 e. The maximum absolute atomic E-state index is 12.7. The average Bonchev–Trinajstić information content (AvgIpc) is 2.00. The van der Waals surface area contributed by atoms with E-state index in [1.54, 1.807) is 0 Å². The summed E-state index contributed by atoms with van der Waals surface area (Å²) in [7, 11) is -1.38. The van der Waals surface area contributed by atoms with E-state index < -0.39 is 8.07 Å². The van der Waals surface area contributed by atoms with Gasteiger partial charge in [0.2, 0.25) is 0 Å². The highest BCUT2D eigenvalue weighted by molar-refractivity contribution is 6.83. The molecule has 1 rings (SSSR count). The highest BCUT2D eigenvalue weighted by Gasteiger charge is 2.07. The van der Waals surface area contributed by atoms with Crippen LogP contribution in [0.25, 0.3) is 0 Å². The Hall–Kier alpha value is -1.14.